The lowest BCUT2D eigenvalue weighted by molar-refractivity contribution is -0.155. The van der Waals surface area contributed by atoms with Crippen LogP contribution in [0.3, 0.4) is 0 Å². The Morgan fingerprint density at radius 2 is 1.88 bits per heavy atom. The lowest BCUT2D eigenvalue weighted by Crippen LogP contribution is -2.56. The summed E-state index contributed by atoms with van der Waals surface area (Å²) in [5.41, 5.74) is 0.380. The molecule has 0 aliphatic heterocycles. The fraction of sp³-hybridized carbons (Fsp3) is 0.579. The van der Waals surface area contributed by atoms with Gasteiger partial charge in [0.25, 0.3) is 0 Å². The molecule has 0 saturated heterocycles. The third-order valence-corrected chi connectivity index (χ3v) is 5.69. The lowest BCUT2D eigenvalue weighted by Gasteiger charge is -2.35. The van der Waals surface area contributed by atoms with Crippen LogP contribution in [0.2, 0.25) is 0 Å². The molecule has 1 aromatic rings. The second-order valence-corrected chi connectivity index (χ2v) is 7.77. The molecule has 0 aromatic heterocycles. The highest BCUT2D eigenvalue weighted by Gasteiger charge is 2.49. The summed E-state index contributed by atoms with van der Waals surface area (Å²) >= 11 is 3.43. The van der Waals surface area contributed by atoms with Gasteiger partial charge in [0.1, 0.15) is 5.54 Å². The first-order valence-corrected chi connectivity index (χ1v) is 9.60. The van der Waals surface area contributed by atoms with Gasteiger partial charge in [-0.1, -0.05) is 47.3 Å². The van der Waals surface area contributed by atoms with Gasteiger partial charge in [-0.2, -0.15) is 0 Å². The molecule has 0 bridgehead atoms. The van der Waals surface area contributed by atoms with Crippen LogP contribution < -0.4 is 5.32 Å². The third-order valence-electron chi connectivity index (χ3n) is 5.16. The number of rotatable bonds is 5. The van der Waals surface area contributed by atoms with E-state index in [4.69, 9.17) is 4.74 Å². The molecule has 0 spiro atoms. The molecule has 0 radical (unpaired) electrons. The van der Waals surface area contributed by atoms with Gasteiger partial charge in [0.05, 0.1) is 6.61 Å². The van der Waals surface area contributed by atoms with Crippen LogP contribution in [0, 0.1) is 5.92 Å². The van der Waals surface area contributed by atoms with E-state index in [-0.39, 0.29) is 23.7 Å². The molecule has 2 unspecified atom stereocenters. The number of ether oxygens (including phenoxy) is 1. The molecule has 2 aliphatic rings. The number of halogens is 1. The Bertz CT molecular complexity index is 608. The molecule has 1 N–H and O–H groups in total. The Morgan fingerprint density at radius 3 is 2.50 bits per heavy atom. The second kappa shape index (κ2) is 7.26. The fourth-order valence-corrected chi connectivity index (χ4v) is 3.96. The maximum Gasteiger partial charge on any atom is 0.331 e. The number of esters is 1. The van der Waals surface area contributed by atoms with E-state index < -0.39 is 5.54 Å². The fourth-order valence-electron chi connectivity index (χ4n) is 3.70. The lowest BCUT2D eigenvalue weighted by atomic mass is 9.81. The first-order chi connectivity index (χ1) is 11.6. The van der Waals surface area contributed by atoms with Gasteiger partial charge in [-0.25, -0.2) is 4.79 Å². The molecule has 1 amide bonds. The molecule has 2 fully saturated rings. The third kappa shape index (κ3) is 3.66. The van der Waals surface area contributed by atoms with E-state index in [1.54, 1.807) is 6.92 Å². The van der Waals surface area contributed by atoms with E-state index in [0.717, 1.165) is 30.2 Å². The van der Waals surface area contributed by atoms with Gasteiger partial charge in [-0.05, 0) is 49.8 Å². The SMILES string of the molecule is CCOC(=O)C1(NC(=O)C2CC2c2ccc(Br)cc2)CCCCC1. The van der Waals surface area contributed by atoms with Crippen LogP contribution in [0.15, 0.2) is 28.7 Å². The normalized spacial score (nSPS) is 24.9. The van der Waals surface area contributed by atoms with Gasteiger partial charge in [0.15, 0.2) is 0 Å². The molecule has 5 heteroatoms. The summed E-state index contributed by atoms with van der Waals surface area (Å²) in [6.45, 7) is 2.15. The van der Waals surface area contributed by atoms with Crippen molar-refractivity contribution in [2.24, 2.45) is 5.92 Å². The van der Waals surface area contributed by atoms with Gasteiger partial charge in [0.2, 0.25) is 5.91 Å². The number of amides is 1. The van der Waals surface area contributed by atoms with Gasteiger partial charge >= 0.3 is 5.97 Å². The highest BCUT2D eigenvalue weighted by molar-refractivity contribution is 9.10. The summed E-state index contributed by atoms with van der Waals surface area (Å²) in [7, 11) is 0. The first kappa shape index (κ1) is 17.5. The van der Waals surface area contributed by atoms with E-state index in [9.17, 15) is 9.59 Å². The van der Waals surface area contributed by atoms with Crippen molar-refractivity contribution in [3.63, 3.8) is 0 Å². The van der Waals surface area contributed by atoms with Crippen LogP contribution >= 0.6 is 15.9 Å². The minimum Gasteiger partial charge on any atom is -0.464 e. The monoisotopic (exact) mass is 393 g/mol. The largest absolute Gasteiger partial charge is 0.464 e. The maximum absolute atomic E-state index is 12.7. The zero-order valence-electron chi connectivity index (χ0n) is 14.0. The molecule has 1 aromatic carbocycles. The topological polar surface area (TPSA) is 55.4 Å². The van der Waals surface area contributed by atoms with Gasteiger partial charge in [0, 0.05) is 10.4 Å². The van der Waals surface area contributed by atoms with E-state index in [2.05, 4.69) is 33.4 Å². The van der Waals surface area contributed by atoms with Crippen LogP contribution in [-0.4, -0.2) is 24.0 Å². The van der Waals surface area contributed by atoms with Gasteiger partial charge in [-0.15, -0.1) is 0 Å². The Balaban J connectivity index is 1.66. The van der Waals surface area contributed by atoms with Crippen molar-refractivity contribution in [2.45, 2.75) is 56.9 Å². The summed E-state index contributed by atoms with van der Waals surface area (Å²) in [6, 6.07) is 8.13. The highest BCUT2D eigenvalue weighted by atomic mass is 79.9. The Kier molecular flexibility index (Phi) is 5.28. The smallest absolute Gasteiger partial charge is 0.331 e. The van der Waals surface area contributed by atoms with Crippen molar-refractivity contribution >= 4 is 27.8 Å². The van der Waals surface area contributed by atoms with Crippen LogP contribution in [0.4, 0.5) is 0 Å². The van der Waals surface area contributed by atoms with E-state index in [1.807, 2.05) is 12.1 Å². The molecular formula is C19H24BrNO3. The molecule has 24 heavy (non-hydrogen) atoms. The number of carbonyl (C=O) groups is 2. The van der Waals surface area contributed by atoms with Crippen molar-refractivity contribution in [1.29, 1.82) is 0 Å². The van der Waals surface area contributed by atoms with Crippen molar-refractivity contribution < 1.29 is 14.3 Å². The van der Waals surface area contributed by atoms with Crippen LogP contribution in [-0.2, 0) is 14.3 Å². The highest BCUT2D eigenvalue weighted by Crippen LogP contribution is 2.48. The van der Waals surface area contributed by atoms with Gasteiger partial charge in [-0.3, -0.25) is 4.79 Å². The zero-order chi connectivity index (χ0) is 17.2. The summed E-state index contributed by atoms with van der Waals surface area (Å²) < 4.78 is 6.29. The van der Waals surface area contributed by atoms with Crippen LogP contribution in [0.25, 0.3) is 0 Å². The number of nitrogens with one attached hydrogen (secondary N) is 1. The van der Waals surface area contributed by atoms with Crippen LogP contribution in [0.1, 0.15) is 56.9 Å². The number of hydrogen-bond donors (Lipinski definition) is 1. The number of hydrogen-bond acceptors (Lipinski definition) is 3. The number of carbonyl (C=O) groups excluding carboxylic acids is 2. The zero-order valence-corrected chi connectivity index (χ0v) is 15.6. The van der Waals surface area contributed by atoms with E-state index >= 15 is 0 Å². The summed E-state index contributed by atoms with van der Waals surface area (Å²) in [5.74, 6) is -0.0305. The quantitative estimate of drug-likeness (QED) is 0.770. The van der Waals surface area contributed by atoms with Crippen LogP contribution in [0.5, 0.6) is 0 Å². The first-order valence-electron chi connectivity index (χ1n) is 8.80. The molecule has 0 heterocycles. The molecule has 2 saturated carbocycles. The predicted molar refractivity (Wildman–Crippen MR) is 95.6 cm³/mol. The second-order valence-electron chi connectivity index (χ2n) is 6.85. The number of benzene rings is 1. The van der Waals surface area contributed by atoms with Crippen molar-refractivity contribution in [1.82, 2.24) is 5.32 Å². The minimum atomic E-state index is -0.807. The summed E-state index contributed by atoms with van der Waals surface area (Å²) in [4.78, 5) is 25.2. The average molecular weight is 394 g/mol. The maximum atomic E-state index is 12.7. The minimum absolute atomic E-state index is 0.00197. The van der Waals surface area contributed by atoms with Crippen molar-refractivity contribution in [2.75, 3.05) is 6.61 Å². The van der Waals surface area contributed by atoms with E-state index in [0.29, 0.717) is 19.4 Å². The predicted octanol–water partition coefficient (Wildman–Crippen LogP) is 3.93. The molecule has 2 atom stereocenters. The summed E-state index contributed by atoms with van der Waals surface area (Å²) in [6.07, 6.45) is 5.26. The molecular weight excluding hydrogens is 370 g/mol. The molecule has 4 nitrogen and oxygen atoms in total. The Labute approximate surface area is 151 Å². The average Bonchev–Trinajstić information content (AvgIpc) is 3.37. The molecule has 130 valence electrons. The van der Waals surface area contributed by atoms with E-state index in [1.165, 1.54) is 5.56 Å². The standard InChI is InChI=1S/C19H24BrNO3/c1-2-24-18(23)19(10-4-3-5-11-19)21-17(22)16-12-15(16)13-6-8-14(20)9-7-13/h6-9,15-16H,2-5,10-12H2,1H3,(H,21,22). The Morgan fingerprint density at radius 1 is 1.21 bits per heavy atom. The molecule has 3 rings (SSSR count). The van der Waals surface area contributed by atoms with Gasteiger partial charge < -0.3 is 10.1 Å². The van der Waals surface area contributed by atoms with Crippen molar-refractivity contribution in [3.05, 3.63) is 34.3 Å². The Hall–Kier alpha value is -1.36. The van der Waals surface area contributed by atoms with Crippen molar-refractivity contribution in [3.8, 4) is 0 Å². The summed E-state index contributed by atoms with van der Waals surface area (Å²) in [5, 5.41) is 3.07. The molecule has 2 aliphatic carbocycles.